The van der Waals surface area contributed by atoms with Gasteiger partial charge in [0, 0.05) is 12.6 Å². The molecule has 108 valence electrons. The highest BCUT2D eigenvalue weighted by molar-refractivity contribution is 7.80. The van der Waals surface area contributed by atoms with Gasteiger partial charge in [-0.25, -0.2) is 13.6 Å². The number of carbonyl (C=O) groups excluding carboxylic acids is 1. The molecule has 3 N–H and O–H groups in total. The molecule has 7 heteroatoms. The fourth-order valence-corrected chi connectivity index (χ4v) is 2.49. The molecule has 0 radical (unpaired) electrons. The van der Waals surface area contributed by atoms with E-state index in [4.69, 9.17) is 18.0 Å². The summed E-state index contributed by atoms with van der Waals surface area (Å²) in [5.74, 6) is -1.51. The standard InChI is InChI=1S/C13H15F2N3OS/c14-8-4-5-10(9(15)7-8)17-13(19)18-6-2-1-3-11(18)12(16)20/h4-5,7,11H,1-3,6H2,(H2,16,20)(H,17,19). The van der Waals surface area contributed by atoms with Crippen LogP contribution >= 0.6 is 12.2 Å². The van der Waals surface area contributed by atoms with Crippen molar-refractivity contribution in [2.75, 3.05) is 11.9 Å². The second kappa shape index (κ2) is 6.13. The number of piperidine rings is 1. The second-order valence-electron chi connectivity index (χ2n) is 4.66. The molecule has 1 saturated heterocycles. The topological polar surface area (TPSA) is 58.4 Å². The van der Waals surface area contributed by atoms with Gasteiger partial charge in [-0.15, -0.1) is 0 Å². The van der Waals surface area contributed by atoms with Crippen molar-refractivity contribution < 1.29 is 13.6 Å². The van der Waals surface area contributed by atoms with E-state index in [1.807, 2.05) is 0 Å². The minimum absolute atomic E-state index is 0.0661. The van der Waals surface area contributed by atoms with Gasteiger partial charge in [0.1, 0.15) is 11.6 Å². The van der Waals surface area contributed by atoms with Crippen molar-refractivity contribution in [2.45, 2.75) is 25.3 Å². The molecule has 1 aromatic rings. The number of likely N-dealkylation sites (tertiary alicyclic amines) is 1. The number of benzene rings is 1. The van der Waals surface area contributed by atoms with Gasteiger partial charge >= 0.3 is 6.03 Å². The number of amides is 2. The number of urea groups is 1. The van der Waals surface area contributed by atoms with E-state index >= 15 is 0 Å². The first kappa shape index (κ1) is 14.6. The average Bonchev–Trinajstić information content (AvgIpc) is 2.41. The summed E-state index contributed by atoms with van der Waals surface area (Å²) in [6.07, 6.45) is 2.49. The first-order valence-corrected chi connectivity index (χ1v) is 6.72. The molecule has 0 saturated carbocycles. The van der Waals surface area contributed by atoms with Crippen LogP contribution in [-0.2, 0) is 0 Å². The largest absolute Gasteiger partial charge is 0.392 e. The molecule has 4 nitrogen and oxygen atoms in total. The summed E-state index contributed by atoms with van der Waals surface area (Å²) >= 11 is 4.95. The summed E-state index contributed by atoms with van der Waals surface area (Å²) in [6.45, 7) is 0.511. The molecule has 0 bridgehead atoms. The zero-order chi connectivity index (χ0) is 14.7. The number of carbonyl (C=O) groups is 1. The van der Waals surface area contributed by atoms with Crippen molar-refractivity contribution in [3.63, 3.8) is 0 Å². The van der Waals surface area contributed by atoms with Gasteiger partial charge in [-0.3, -0.25) is 0 Å². The number of nitrogens with two attached hydrogens (primary N) is 1. The minimum atomic E-state index is -0.817. The Bertz CT molecular complexity index is 538. The Morgan fingerprint density at radius 1 is 1.40 bits per heavy atom. The fraction of sp³-hybridized carbons (Fsp3) is 0.385. The molecule has 2 rings (SSSR count). The van der Waals surface area contributed by atoms with Crippen molar-refractivity contribution in [1.29, 1.82) is 0 Å². The van der Waals surface area contributed by atoms with Crippen LogP contribution in [0, 0.1) is 11.6 Å². The Labute approximate surface area is 120 Å². The van der Waals surface area contributed by atoms with E-state index in [1.54, 1.807) is 0 Å². The van der Waals surface area contributed by atoms with E-state index in [9.17, 15) is 13.6 Å². The van der Waals surface area contributed by atoms with Crippen LogP contribution in [0.2, 0.25) is 0 Å². The highest BCUT2D eigenvalue weighted by atomic mass is 32.1. The number of rotatable bonds is 2. The van der Waals surface area contributed by atoms with Gasteiger partial charge in [-0.05, 0) is 31.4 Å². The molecule has 0 aliphatic carbocycles. The van der Waals surface area contributed by atoms with E-state index < -0.39 is 17.7 Å². The van der Waals surface area contributed by atoms with E-state index in [2.05, 4.69) is 5.32 Å². The van der Waals surface area contributed by atoms with Crippen LogP contribution in [-0.4, -0.2) is 28.5 Å². The number of halogens is 2. The maximum atomic E-state index is 13.5. The molecule has 2 amide bonds. The molecule has 1 aliphatic rings. The first-order valence-electron chi connectivity index (χ1n) is 6.31. The monoisotopic (exact) mass is 299 g/mol. The van der Waals surface area contributed by atoms with Crippen molar-refractivity contribution in [2.24, 2.45) is 5.73 Å². The third-order valence-electron chi connectivity index (χ3n) is 3.26. The number of nitrogens with zero attached hydrogens (tertiary/aromatic N) is 1. The summed E-state index contributed by atoms with van der Waals surface area (Å²) < 4.78 is 26.3. The molecule has 20 heavy (non-hydrogen) atoms. The molecule has 1 atom stereocenters. The second-order valence-corrected chi connectivity index (χ2v) is 5.13. The number of hydrogen-bond acceptors (Lipinski definition) is 2. The van der Waals surface area contributed by atoms with E-state index in [0.717, 1.165) is 25.0 Å². The summed E-state index contributed by atoms with van der Waals surface area (Å²) in [6, 6.07) is 2.19. The molecular formula is C13H15F2N3OS. The van der Waals surface area contributed by atoms with Gasteiger partial charge < -0.3 is 16.0 Å². The van der Waals surface area contributed by atoms with E-state index in [-0.39, 0.29) is 16.7 Å². The van der Waals surface area contributed by atoms with Crippen molar-refractivity contribution in [3.8, 4) is 0 Å². The van der Waals surface area contributed by atoms with Crippen LogP contribution in [0.5, 0.6) is 0 Å². The van der Waals surface area contributed by atoms with Crippen molar-refractivity contribution >= 4 is 28.9 Å². The van der Waals surface area contributed by atoms with Crippen LogP contribution in [0.1, 0.15) is 19.3 Å². The predicted octanol–water partition coefficient (Wildman–Crippen LogP) is 2.64. The molecule has 1 heterocycles. The Kier molecular flexibility index (Phi) is 4.49. The third kappa shape index (κ3) is 3.22. The van der Waals surface area contributed by atoms with Gasteiger partial charge in [-0.2, -0.15) is 0 Å². The lowest BCUT2D eigenvalue weighted by molar-refractivity contribution is 0.186. The molecule has 1 fully saturated rings. The molecular weight excluding hydrogens is 284 g/mol. The summed E-state index contributed by atoms with van der Waals surface area (Å²) in [4.78, 5) is 13.9. The summed E-state index contributed by atoms with van der Waals surface area (Å²) in [7, 11) is 0. The quantitative estimate of drug-likeness (QED) is 0.825. The number of nitrogens with one attached hydrogen (secondary N) is 1. The lowest BCUT2D eigenvalue weighted by Gasteiger charge is -2.34. The Balaban J connectivity index is 2.12. The molecule has 1 aromatic carbocycles. The normalized spacial score (nSPS) is 18.7. The SMILES string of the molecule is NC(=S)C1CCCCN1C(=O)Nc1ccc(F)cc1F. The van der Waals surface area contributed by atoms with Crippen LogP contribution in [0.15, 0.2) is 18.2 Å². The van der Waals surface area contributed by atoms with Crippen molar-refractivity contribution in [1.82, 2.24) is 4.90 Å². The van der Waals surface area contributed by atoms with Gasteiger partial charge in [0.15, 0.2) is 0 Å². The van der Waals surface area contributed by atoms with E-state index in [0.29, 0.717) is 13.0 Å². The van der Waals surface area contributed by atoms with Crippen LogP contribution < -0.4 is 11.1 Å². The lowest BCUT2D eigenvalue weighted by atomic mass is 10.0. The lowest BCUT2D eigenvalue weighted by Crippen LogP contribution is -2.51. The summed E-state index contributed by atoms with van der Waals surface area (Å²) in [5, 5.41) is 2.42. The number of anilines is 1. The molecule has 0 spiro atoms. The van der Waals surface area contributed by atoms with Crippen LogP contribution in [0.25, 0.3) is 0 Å². The number of hydrogen-bond donors (Lipinski definition) is 2. The Morgan fingerprint density at radius 3 is 2.80 bits per heavy atom. The van der Waals surface area contributed by atoms with Crippen LogP contribution in [0.3, 0.4) is 0 Å². The zero-order valence-corrected chi connectivity index (χ0v) is 11.6. The molecule has 1 aliphatic heterocycles. The van der Waals surface area contributed by atoms with Gasteiger partial charge in [0.05, 0.1) is 16.7 Å². The Hall–Kier alpha value is -1.76. The maximum absolute atomic E-state index is 13.5. The first-order chi connectivity index (χ1) is 9.49. The highest BCUT2D eigenvalue weighted by Gasteiger charge is 2.28. The fourth-order valence-electron chi connectivity index (χ4n) is 2.25. The zero-order valence-electron chi connectivity index (χ0n) is 10.7. The molecule has 1 unspecified atom stereocenters. The predicted molar refractivity (Wildman–Crippen MR) is 76.5 cm³/mol. The maximum Gasteiger partial charge on any atom is 0.322 e. The number of thiocarbonyl (C=S) groups is 1. The minimum Gasteiger partial charge on any atom is -0.392 e. The average molecular weight is 299 g/mol. The third-order valence-corrected chi connectivity index (χ3v) is 3.54. The van der Waals surface area contributed by atoms with E-state index in [1.165, 1.54) is 11.0 Å². The smallest absolute Gasteiger partial charge is 0.322 e. The van der Waals surface area contributed by atoms with Gasteiger partial charge in [0.25, 0.3) is 0 Å². The summed E-state index contributed by atoms with van der Waals surface area (Å²) in [5.41, 5.74) is 5.56. The van der Waals surface area contributed by atoms with Crippen molar-refractivity contribution in [3.05, 3.63) is 29.8 Å². The van der Waals surface area contributed by atoms with Gasteiger partial charge in [0.2, 0.25) is 0 Å². The highest BCUT2D eigenvalue weighted by Crippen LogP contribution is 2.20. The molecule has 0 aromatic heterocycles. The Morgan fingerprint density at radius 2 is 2.15 bits per heavy atom. The van der Waals surface area contributed by atoms with Gasteiger partial charge in [-0.1, -0.05) is 12.2 Å². The van der Waals surface area contributed by atoms with Crippen LogP contribution in [0.4, 0.5) is 19.3 Å².